The summed E-state index contributed by atoms with van der Waals surface area (Å²) < 4.78 is 7.16. The van der Waals surface area contributed by atoms with Gasteiger partial charge in [-0.25, -0.2) is 9.50 Å². The first-order valence-electron chi connectivity index (χ1n) is 8.65. The van der Waals surface area contributed by atoms with Crippen LogP contribution in [0.3, 0.4) is 0 Å². The lowest BCUT2D eigenvalue weighted by molar-refractivity contribution is -0.132. The molecule has 1 aliphatic carbocycles. The summed E-state index contributed by atoms with van der Waals surface area (Å²) in [5.41, 5.74) is 2.67. The van der Waals surface area contributed by atoms with Gasteiger partial charge in [-0.2, -0.15) is 4.98 Å². The Hall–Kier alpha value is -2.35. The van der Waals surface area contributed by atoms with Gasteiger partial charge in [0.2, 0.25) is 11.1 Å². The zero-order valence-corrected chi connectivity index (χ0v) is 15.9. The standard InChI is InChI=1S/C18H21N5O2S/c1-11-15(12(2)23-17(19-11)20-18(21-23)26-3)9-16(24)22(13-6-7-13)10-14-5-4-8-25-14/h4-5,8,13H,6-7,9-10H2,1-3H3. The van der Waals surface area contributed by atoms with Gasteiger partial charge >= 0.3 is 0 Å². The topological polar surface area (TPSA) is 76.5 Å². The molecule has 1 fully saturated rings. The van der Waals surface area contributed by atoms with Crippen molar-refractivity contribution in [1.29, 1.82) is 0 Å². The van der Waals surface area contributed by atoms with Crippen LogP contribution in [-0.4, -0.2) is 42.7 Å². The lowest BCUT2D eigenvalue weighted by Crippen LogP contribution is -2.34. The Kier molecular flexibility index (Phi) is 4.44. The van der Waals surface area contributed by atoms with Crippen LogP contribution < -0.4 is 0 Å². The number of furan rings is 1. The minimum Gasteiger partial charge on any atom is -0.467 e. The number of aryl methyl sites for hydroxylation is 2. The molecule has 1 amide bonds. The number of amides is 1. The van der Waals surface area contributed by atoms with Crippen molar-refractivity contribution in [3.05, 3.63) is 41.1 Å². The normalized spacial score (nSPS) is 14.1. The minimum atomic E-state index is 0.0986. The number of thioether (sulfide) groups is 1. The molecule has 1 aliphatic rings. The molecule has 7 nitrogen and oxygen atoms in total. The predicted octanol–water partition coefficient (Wildman–Crippen LogP) is 2.79. The van der Waals surface area contributed by atoms with Crippen LogP contribution in [-0.2, 0) is 17.8 Å². The molecule has 0 aromatic carbocycles. The highest BCUT2D eigenvalue weighted by Crippen LogP contribution is 2.29. The lowest BCUT2D eigenvalue weighted by atomic mass is 10.1. The smallest absolute Gasteiger partial charge is 0.253 e. The molecule has 0 radical (unpaired) electrons. The number of carbonyl (C=O) groups is 1. The van der Waals surface area contributed by atoms with Crippen LogP contribution in [0, 0.1) is 13.8 Å². The first-order valence-corrected chi connectivity index (χ1v) is 9.88. The summed E-state index contributed by atoms with van der Waals surface area (Å²) in [6, 6.07) is 4.08. The van der Waals surface area contributed by atoms with E-state index in [4.69, 9.17) is 4.42 Å². The molecule has 3 aromatic rings. The number of hydrogen-bond donors (Lipinski definition) is 0. The molecule has 0 spiro atoms. The monoisotopic (exact) mass is 371 g/mol. The van der Waals surface area contributed by atoms with E-state index in [1.54, 1.807) is 10.8 Å². The third-order valence-corrected chi connectivity index (χ3v) is 5.29. The number of aromatic nitrogens is 4. The zero-order valence-electron chi connectivity index (χ0n) is 15.1. The predicted molar refractivity (Wildman–Crippen MR) is 98.0 cm³/mol. The van der Waals surface area contributed by atoms with E-state index in [0.29, 0.717) is 29.9 Å². The lowest BCUT2D eigenvalue weighted by Gasteiger charge is -2.22. The molecule has 136 valence electrons. The van der Waals surface area contributed by atoms with E-state index in [1.807, 2.05) is 37.1 Å². The number of hydrogen-bond acceptors (Lipinski definition) is 6. The van der Waals surface area contributed by atoms with Gasteiger partial charge in [0.05, 0.1) is 19.2 Å². The van der Waals surface area contributed by atoms with Crippen molar-refractivity contribution in [3.63, 3.8) is 0 Å². The van der Waals surface area contributed by atoms with Crippen molar-refractivity contribution in [2.45, 2.75) is 50.9 Å². The first-order chi connectivity index (χ1) is 12.6. The Labute approximate surface area is 155 Å². The quantitative estimate of drug-likeness (QED) is 0.620. The summed E-state index contributed by atoms with van der Waals surface area (Å²) in [6.45, 7) is 4.42. The average Bonchev–Trinajstić information content (AvgIpc) is 3.16. The maximum absolute atomic E-state index is 13.0. The van der Waals surface area contributed by atoms with Crippen LogP contribution in [0.25, 0.3) is 5.78 Å². The SMILES string of the molecule is CSc1nc2nc(C)c(CC(=O)N(Cc3ccco3)C3CC3)c(C)n2n1. The minimum absolute atomic E-state index is 0.0986. The summed E-state index contributed by atoms with van der Waals surface area (Å²) in [5, 5.41) is 5.14. The Morgan fingerprint density at radius 3 is 2.85 bits per heavy atom. The molecule has 3 aromatic heterocycles. The fourth-order valence-corrected chi connectivity index (χ4v) is 3.50. The van der Waals surface area contributed by atoms with Crippen molar-refractivity contribution >= 4 is 23.4 Å². The molecular formula is C18H21N5O2S. The van der Waals surface area contributed by atoms with E-state index in [2.05, 4.69) is 15.1 Å². The number of rotatable bonds is 6. The maximum atomic E-state index is 13.0. The van der Waals surface area contributed by atoms with Gasteiger partial charge in [-0.05, 0) is 45.1 Å². The van der Waals surface area contributed by atoms with E-state index < -0.39 is 0 Å². The van der Waals surface area contributed by atoms with Crippen molar-refractivity contribution in [1.82, 2.24) is 24.5 Å². The van der Waals surface area contributed by atoms with Gasteiger partial charge in [-0.1, -0.05) is 11.8 Å². The van der Waals surface area contributed by atoms with Crippen LogP contribution in [0.1, 0.15) is 35.6 Å². The van der Waals surface area contributed by atoms with Crippen molar-refractivity contribution in [2.75, 3.05) is 6.26 Å². The van der Waals surface area contributed by atoms with Crippen LogP contribution in [0.4, 0.5) is 0 Å². The molecule has 0 unspecified atom stereocenters. The van der Waals surface area contributed by atoms with E-state index in [9.17, 15) is 4.79 Å². The Morgan fingerprint density at radius 2 is 2.19 bits per heavy atom. The second kappa shape index (κ2) is 6.75. The molecular weight excluding hydrogens is 350 g/mol. The van der Waals surface area contributed by atoms with Crippen LogP contribution in [0.5, 0.6) is 0 Å². The fourth-order valence-electron chi connectivity index (χ4n) is 3.16. The zero-order chi connectivity index (χ0) is 18.3. The van der Waals surface area contributed by atoms with Gasteiger partial charge in [-0.15, -0.1) is 5.10 Å². The highest BCUT2D eigenvalue weighted by Gasteiger charge is 2.33. The van der Waals surface area contributed by atoms with Crippen molar-refractivity contribution < 1.29 is 9.21 Å². The number of fused-ring (bicyclic) bond motifs is 1. The largest absolute Gasteiger partial charge is 0.467 e. The van der Waals surface area contributed by atoms with Crippen molar-refractivity contribution in [2.24, 2.45) is 0 Å². The molecule has 26 heavy (non-hydrogen) atoms. The second-order valence-corrected chi connectivity index (χ2v) is 7.35. The molecule has 0 N–H and O–H groups in total. The summed E-state index contributed by atoms with van der Waals surface area (Å²) in [5.74, 6) is 1.49. The highest BCUT2D eigenvalue weighted by molar-refractivity contribution is 7.98. The molecule has 4 rings (SSSR count). The molecule has 0 bridgehead atoms. The van der Waals surface area contributed by atoms with Gasteiger partial charge < -0.3 is 9.32 Å². The average molecular weight is 371 g/mol. The summed E-state index contributed by atoms with van der Waals surface area (Å²) >= 11 is 1.48. The fraction of sp³-hybridized carbons (Fsp3) is 0.444. The molecule has 0 atom stereocenters. The van der Waals surface area contributed by atoms with Gasteiger partial charge in [0.15, 0.2) is 0 Å². The summed E-state index contributed by atoms with van der Waals surface area (Å²) in [6.07, 6.45) is 6.00. The summed E-state index contributed by atoms with van der Waals surface area (Å²) in [4.78, 5) is 23.9. The number of carbonyl (C=O) groups excluding carboxylic acids is 1. The highest BCUT2D eigenvalue weighted by atomic mass is 32.2. The number of nitrogens with zero attached hydrogens (tertiary/aromatic N) is 5. The molecule has 3 heterocycles. The van der Waals surface area contributed by atoms with Gasteiger partial charge in [0.1, 0.15) is 5.76 Å². The Bertz CT molecular complexity index is 946. The van der Waals surface area contributed by atoms with E-state index in [0.717, 1.165) is 35.6 Å². The molecule has 8 heteroatoms. The van der Waals surface area contributed by atoms with Gasteiger partial charge in [0.25, 0.3) is 5.78 Å². The summed E-state index contributed by atoms with van der Waals surface area (Å²) in [7, 11) is 0. The van der Waals surface area contributed by atoms with Crippen LogP contribution >= 0.6 is 11.8 Å². The Morgan fingerprint density at radius 1 is 1.38 bits per heavy atom. The second-order valence-electron chi connectivity index (χ2n) is 6.58. The third kappa shape index (κ3) is 3.21. The van der Waals surface area contributed by atoms with Gasteiger partial charge in [-0.3, -0.25) is 4.79 Å². The molecule has 1 saturated carbocycles. The molecule has 0 saturated heterocycles. The van der Waals surface area contributed by atoms with Gasteiger partial charge in [0, 0.05) is 23.0 Å². The third-order valence-electron chi connectivity index (χ3n) is 4.75. The van der Waals surface area contributed by atoms with Crippen molar-refractivity contribution in [3.8, 4) is 0 Å². The molecule has 0 aliphatic heterocycles. The van der Waals surface area contributed by atoms with E-state index in [-0.39, 0.29) is 5.91 Å². The maximum Gasteiger partial charge on any atom is 0.253 e. The van der Waals surface area contributed by atoms with E-state index in [1.165, 1.54) is 11.8 Å². The Balaban J connectivity index is 1.61. The van der Waals surface area contributed by atoms with Crippen LogP contribution in [0.15, 0.2) is 28.0 Å². The van der Waals surface area contributed by atoms with Crippen LogP contribution in [0.2, 0.25) is 0 Å². The van der Waals surface area contributed by atoms with E-state index >= 15 is 0 Å². The first kappa shape index (κ1) is 17.1.